The summed E-state index contributed by atoms with van der Waals surface area (Å²) in [5, 5.41) is 8.40. The van der Waals surface area contributed by atoms with Gasteiger partial charge in [-0.25, -0.2) is 0 Å². The summed E-state index contributed by atoms with van der Waals surface area (Å²) >= 11 is 0. The number of aliphatic hydroxyl groups excluding tert-OH is 1. The average Bonchev–Trinajstić information content (AvgIpc) is 1.99. The van der Waals surface area contributed by atoms with Gasteiger partial charge in [-0.3, -0.25) is 0 Å². The van der Waals surface area contributed by atoms with Crippen LogP contribution < -0.4 is 0 Å². The number of hydrogen-bond acceptors (Lipinski definition) is 2. The Hall–Kier alpha value is -0.0800. The molecule has 0 rings (SSSR count). The Labute approximate surface area is 63.2 Å². The molecule has 0 atom stereocenters. The highest BCUT2D eigenvalue weighted by molar-refractivity contribution is 4.51. The standard InChI is InChI=1S/C8H18O2/c1-3-8(4-2)7-10-6-5-9/h8-9H,3-7H2,1-2H3. The second-order valence-electron chi connectivity index (χ2n) is 2.48. The van der Waals surface area contributed by atoms with Crippen LogP contribution in [0.25, 0.3) is 0 Å². The Morgan fingerprint density at radius 2 is 1.90 bits per heavy atom. The maximum Gasteiger partial charge on any atom is 0.0697 e. The minimum Gasteiger partial charge on any atom is -0.394 e. The summed E-state index contributed by atoms with van der Waals surface area (Å²) in [5.41, 5.74) is 0. The van der Waals surface area contributed by atoms with Crippen LogP contribution >= 0.6 is 0 Å². The van der Waals surface area contributed by atoms with Gasteiger partial charge >= 0.3 is 0 Å². The Morgan fingerprint density at radius 1 is 1.30 bits per heavy atom. The highest BCUT2D eigenvalue weighted by Crippen LogP contribution is 2.06. The first kappa shape index (κ1) is 9.92. The largest absolute Gasteiger partial charge is 0.394 e. The molecule has 0 unspecified atom stereocenters. The maximum absolute atomic E-state index is 8.40. The average molecular weight is 146 g/mol. The highest BCUT2D eigenvalue weighted by atomic mass is 16.5. The Bertz CT molecular complexity index is 60.3. The molecule has 2 nitrogen and oxygen atoms in total. The van der Waals surface area contributed by atoms with Gasteiger partial charge < -0.3 is 9.84 Å². The minimum atomic E-state index is 0.139. The quantitative estimate of drug-likeness (QED) is 0.574. The van der Waals surface area contributed by atoms with Gasteiger partial charge in [-0.1, -0.05) is 26.7 Å². The number of rotatable bonds is 6. The first-order valence-corrected chi connectivity index (χ1v) is 4.03. The van der Waals surface area contributed by atoms with Gasteiger partial charge in [0.15, 0.2) is 0 Å². The van der Waals surface area contributed by atoms with Crippen molar-refractivity contribution in [2.45, 2.75) is 26.7 Å². The summed E-state index contributed by atoms with van der Waals surface area (Å²) in [4.78, 5) is 0. The number of aliphatic hydroxyl groups is 1. The van der Waals surface area contributed by atoms with E-state index in [-0.39, 0.29) is 6.61 Å². The van der Waals surface area contributed by atoms with Crippen LogP contribution in [0.3, 0.4) is 0 Å². The molecule has 0 aliphatic rings. The summed E-state index contributed by atoms with van der Waals surface area (Å²) < 4.78 is 5.18. The van der Waals surface area contributed by atoms with Crippen LogP contribution in [-0.2, 0) is 4.74 Å². The van der Waals surface area contributed by atoms with E-state index < -0.39 is 0 Å². The van der Waals surface area contributed by atoms with Gasteiger partial charge in [0.2, 0.25) is 0 Å². The second kappa shape index (κ2) is 7.03. The maximum atomic E-state index is 8.40. The molecule has 0 aromatic rings. The zero-order valence-corrected chi connectivity index (χ0v) is 6.97. The van der Waals surface area contributed by atoms with Gasteiger partial charge in [-0.2, -0.15) is 0 Å². The van der Waals surface area contributed by atoms with Crippen LogP contribution in [0.2, 0.25) is 0 Å². The lowest BCUT2D eigenvalue weighted by atomic mass is 10.1. The summed E-state index contributed by atoms with van der Waals surface area (Å²) in [6, 6.07) is 0. The molecule has 10 heavy (non-hydrogen) atoms. The SMILES string of the molecule is CCC(CC)COCCO. The number of ether oxygens (including phenoxy) is 1. The van der Waals surface area contributed by atoms with Gasteiger partial charge in [0.05, 0.1) is 13.2 Å². The molecule has 0 saturated carbocycles. The molecule has 0 spiro atoms. The summed E-state index contributed by atoms with van der Waals surface area (Å²) in [7, 11) is 0. The van der Waals surface area contributed by atoms with Crippen molar-refractivity contribution in [1.29, 1.82) is 0 Å². The smallest absolute Gasteiger partial charge is 0.0697 e. The molecule has 1 N–H and O–H groups in total. The molecule has 0 aliphatic carbocycles. The molecule has 0 bridgehead atoms. The van der Waals surface area contributed by atoms with Crippen molar-refractivity contribution in [3.63, 3.8) is 0 Å². The first-order chi connectivity index (χ1) is 4.85. The lowest BCUT2D eigenvalue weighted by molar-refractivity contribution is 0.0658. The van der Waals surface area contributed by atoms with Gasteiger partial charge in [0, 0.05) is 6.61 Å². The molecule has 0 radical (unpaired) electrons. The third kappa shape index (κ3) is 4.77. The van der Waals surface area contributed by atoms with E-state index in [1.165, 1.54) is 12.8 Å². The van der Waals surface area contributed by atoms with E-state index in [4.69, 9.17) is 9.84 Å². The lowest BCUT2D eigenvalue weighted by Crippen LogP contribution is -2.09. The van der Waals surface area contributed by atoms with Gasteiger partial charge in [0.1, 0.15) is 0 Å². The van der Waals surface area contributed by atoms with Crippen LogP contribution in [0.1, 0.15) is 26.7 Å². The number of hydrogen-bond donors (Lipinski definition) is 1. The van der Waals surface area contributed by atoms with Crippen molar-refractivity contribution in [2.24, 2.45) is 5.92 Å². The first-order valence-electron chi connectivity index (χ1n) is 4.03. The monoisotopic (exact) mass is 146 g/mol. The third-order valence-electron chi connectivity index (χ3n) is 1.74. The fourth-order valence-electron chi connectivity index (χ4n) is 0.839. The Balaban J connectivity index is 3.09. The van der Waals surface area contributed by atoms with Crippen molar-refractivity contribution in [3.05, 3.63) is 0 Å². The van der Waals surface area contributed by atoms with Crippen molar-refractivity contribution >= 4 is 0 Å². The predicted octanol–water partition coefficient (Wildman–Crippen LogP) is 1.43. The van der Waals surface area contributed by atoms with E-state index in [0.717, 1.165) is 6.61 Å². The van der Waals surface area contributed by atoms with Gasteiger partial charge in [-0.05, 0) is 5.92 Å². The van der Waals surface area contributed by atoms with Crippen LogP contribution in [0.15, 0.2) is 0 Å². The molecule has 0 aromatic carbocycles. The fraction of sp³-hybridized carbons (Fsp3) is 1.00. The van der Waals surface area contributed by atoms with Gasteiger partial charge in [-0.15, -0.1) is 0 Å². The van der Waals surface area contributed by atoms with Crippen LogP contribution in [0.4, 0.5) is 0 Å². The van der Waals surface area contributed by atoms with E-state index in [1.54, 1.807) is 0 Å². The molecular weight excluding hydrogens is 128 g/mol. The van der Waals surface area contributed by atoms with Crippen molar-refractivity contribution in [2.75, 3.05) is 19.8 Å². The predicted molar refractivity (Wildman–Crippen MR) is 42.0 cm³/mol. The Morgan fingerprint density at radius 3 is 2.30 bits per heavy atom. The molecule has 0 fully saturated rings. The second-order valence-corrected chi connectivity index (χ2v) is 2.48. The summed E-state index contributed by atoms with van der Waals surface area (Å²) in [5.74, 6) is 0.673. The van der Waals surface area contributed by atoms with Crippen molar-refractivity contribution in [3.8, 4) is 0 Å². The molecule has 0 aromatic heterocycles. The van der Waals surface area contributed by atoms with E-state index in [1.807, 2.05) is 0 Å². The molecule has 62 valence electrons. The molecular formula is C8H18O2. The summed E-state index contributed by atoms with van der Waals surface area (Å²) in [6.07, 6.45) is 2.34. The molecule has 0 aliphatic heterocycles. The van der Waals surface area contributed by atoms with Crippen LogP contribution in [0, 0.1) is 5.92 Å². The Kier molecular flexibility index (Phi) is 6.98. The van der Waals surface area contributed by atoms with Gasteiger partial charge in [0.25, 0.3) is 0 Å². The molecule has 0 saturated heterocycles. The molecule has 0 amide bonds. The highest BCUT2D eigenvalue weighted by Gasteiger charge is 2.01. The lowest BCUT2D eigenvalue weighted by Gasteiger charge is -2.11. The molecule has 0 heterocycles. The normalized spacial score (nSPS) is 10.8. The van der Waals surface area contributed by atoms with E-state index in [0.29, 0.717) is 12.5 Å². The summed E-state index contributed by atoms with van der Waals surface area (Å²) in [6.45, 7) is 5.75. The van der Waals surface area contributed by atoms with Crippen LogP contribution in [0.5, 0.6) is 0 Å². The van der Waals surface area contributed by atoms with E-state index in [9.17, 15) is 0 Å². The zero-order valence-electron chi connectivity index (χ0n) is 6.97. The minimum absolute atomic E-state index is 0.139. The third-order valence-corrected chi connectivity index (χ3v) is 1.74. The topological polar surface area (TPSA) is 29.5 Å². The van der Waals surface area contributed by atoms with E-state index in [2.05, 4.69) is 13.8 Å². The van der Waals surface area contributed by atoms with E-state index >= 15 is 0 Å². The zero-order chi connectivity index (χ0) is 7.82. The van der Waals surface area contributed by atoms with Crippen molar-refractivity contribution in [1.82, 2.24) is 0 Å². The van der Waals surface area contributed by atoms with Crippen LogP contribution in [-0.4, -0.2) is 24.9 Å². The molecule has 2 heteroatoms. The van der Waals surface area contributed by atoms with Crippen molar-refractivity contribution < 1.29 is 9.84 Å². The fourth-order valence-corrected chi connectivity index (χ4v) is 0.839.